The second-order valence-electron chi connectivity index (χ2n) is 6.75. The molecule has 2 bridgehead atoms. The highest BCUT2D eigenvalue weighted by Gasteiger charge is 2.39. The molecule has 2 heteroatoms. The van der Waals surface area contributed by atoms with Crippen molar-refractivity contribution in [3.05, 3.63) is 29.3 Å². The first kappa shape index (κ1) is 11.8. The van der Waals surface area contributed by atoms with Crippen LogP contribution >= 0.6 is 0 Å². The maximum Gasteiger partial charge on any atom is 0.119 e. The van der Waals surface area contributed by atoms with E-state index >= 15 is 0 Å². The number of hydrogen-bond acceptors (Lipinski definition) is 2. The molecule has 2 N–H and O–H groups in total. The predicted molar refractivity (Wildman–Crippen MR) is 76.1 cm³/mol. The highest BCUT2D eigenvalue weighted by atomic mass is 16.5. The van der Waals surface area contributed by atoms with Crippen molar-refractivity contribution in [2.24, 2.45) is 23.5 Å². The van der Waals surface area contributed by atoms with Crippen LogP contribution in [-0.4, -0.2) is 6.61 Å². The normalized spacial score (nSPS) is 35.6. The Balaban J connectivity index is 1.41. The SMILES string of the molecule is N[C@H]1CCc2cc(OCC3CC4CCC3C4)ccc21. The molecule has 3 aliphatic carbocycles. The van der Waals surface area contributed by atoms with Gasteiger partial charge in [-0.15, -0.1) is 0 Å². The minimum atomic E-state index is 0.245. The van der Waals surface area contributed by atoms with E-state index in [2.05, 4.69) is 18.2 Å². The molecular weight excluding hydrogens is 234 g/mol. The van der Waals surface area contributed by atoms with E-state index in [-0.39, 0.29) is 6.04 Å². The van der Waals surface area contributed by atoms with E-state index in [1.807, 2.05) is 0 Å². The predicted octanol–water partition coefficient (Wildman–Crippen LogP) is 3.45. The van der Waals surface area contributed by atoms with Gasteiger partial charge < -0.3 is 10.5 Å². The molecule has 0 aliphatic heterocycles. The summed E-state index contributed by atoms with van der Waals surface area (Å²) >= 11 is 0. The largest absolute Gasteiger partial charge is 0.493 e. The standard InChI is InChI=1S/C17H23NO/c18-17-6-3-13-9-15(4-5-16(13)17)19-10-14-8-11-1-2-12(14)7-11/h4-5,9,11-12,14,17H,1-3,6-8,10,18H2/t11?,12?,14?,17-/m0/s1. The second-order valence-corrected chi connectivity index (χ2v) is 6.75. The molecule has 2 saturated carbocycles. The zero-order valence-electron chi connectivity index (χ0n) is 11.5. The number of rotatable bonds is 3. The number of benzene rings is 1. The van der Waals surface area contributed by atoms with Crippen LogP contribution in [0.25, 0.3) is 0 Å². The Kier molecular flexibility index (Phi) is 2.80. The molecule has 0 heterocycles. The fourth-order valence-electron chi connectivity index (χ4n) is 4.50. The molecule has 0 radical (unpaired) electrons. The molecule has 2 fully saturated rings. The lowest BCUT2D eigenvalue weighted by Gasteiger charge is -2.22. The number of aryl methyl sites for hydroxylation is 1. The van der Waals surface area contributed by atoms with Gasteiger partial charge in [0, 0.05) is 6.04 Å². The van der Waals surface area contributed by atoms with Crippen molar-refractivity contribution in [1.82, 2.24) is 0 Å². The van der Waals surface area contributed by atoms with Gasteiger partial charge in [-0.05, 0) is 73.1 Å². The lowest BCUT2D eigenvalue weighted by atomic mass is 9.89. The van der Waals surface area contributed by atoms with Gasteiger partial charge in [-0.2, -0.15) is 0 Å². The van der Waals surface area contributed by atoms with Gasteiger partial charge in [-0.1, -0.05) is 12.5 Å². The van der Waals surface area contributed by atoms with Gasteiger partial charge in [0.2, 0.25) is 0 Å². The molecular formula is C17H23NO. The van der Waals surface area contributed by atoms with Crippen LogP contribution < -0.4 is 10.5 Å². The van der Waals surface area contributed by atoms with Crippen LogP contribution in [0.4, 0.5) is 0 Å². The molecule has 1 aromatic rings. The van der Waals surface area contributed by atoms with E-state index < -0.39 is 0 Å². The zero-order chi connectivity index (χ0) is 12.8. The van der Waals surface area contributed by atoms with Crippen LogP contribution in [0.15, 0.2) is 18.2 Å². The quantitative estimate of drug-likeness (QED) is 0.900. The van der Waals surface area contributed by atoms with Crippen LogP contribution in [0.3, 0.4) is 0 Å². The van der Waals surface area contributed by atoms with E-state index in [9.17, 15) is 0 Å². The van der Waals surface area contributed by atoms with Crippen LogP contribution in [0.1, 0.15) is 49.3 Å². The maximum absolute atomic E-state index is 6.07. The van der Waals surface area contributed by atoms with Crippen molar-refractivity contribution in [2.75, 3.05) is 6.61 Å². The molecule has 4 rings (SSSR count). The molecule has 19 heavy (non-hydrogen) atoms. The summed E-state index contributed by atoms with van der Waals surface area (Å²) in [5.41, 5.74) is 8.80. The van der Waals surface area contributed by atoms with Crippen molar-refractivity contribution in [2.45, 2.75) is 44.6 Å². The summed E-state index contributed by atoms with van der Waals surface area (Å²) in [6.45, 7) is 0.923. The van der Waals surface area contributed by atoms with Crippen LogP contribution in [0.5, 0.6) is 5.75 Å². The summed E-state index contributed by atoms with van der Waals surface area (Å²) in [6, 6.07) is 6.74. The van der Waals surface area contributed by atoms with Crippen molar-refractivity contribution < 1.29 is 4.74 Å². The van der Waals surface area contributed by atoms with E-state index in [0.29, 0.717) is 0 Å². The first-order chi connectivity index (χ1) is 9.29. The first-order valence-corrected chi connectivity index (χ1v) is 7.81. The van der Waals surface area contributed by atoms with E-state index in [0.717, 1.165) is 43.0 Å². The Morgan fingerprint density at radius 2 is 2.11 bits per heavy atom. The van der Waals surface area contributed by atoms with Crippen molar-refractivity contribution in [1.29, 1.82) is 0 Å². The molecule has 3 aliphatic rings. The number of fused-ring (bicyclic) bond motifs is 3. The molecule has 0 spiro atoms. The summed E-state index contributed by atoms with van der Waals surface area (Å²) in [4.78, 5) is 0. The smallest absolute Gasteiger partial charge is 0.119 e. The third-order valence-corrected chi connectivity index (χ3v) is 5.59. The van der Waals surface area contributed by atoms with Crippen LogP contribution in [-0.2, 0) is 6.42 Å². The monoisotopic (exact) mass is 257 g/mol. The van der Waals surface area contributed by atoms with Gasteiger partial charge in [-0.25, -0.2) is 0 Å². The van der Waals surface area contributed by atoms with E-state index in [1.54, 1.807) is 0 Å². The number of nitrogens with two attached hydrogens (primary N) is 1. The Labute approximate surface area is 115 Å². The summed E-state index contributed by atoms with van der Waals surface area (Å²) in [5.74, 6) is 3.83. The average molecular weight is 257 g/mol. The Bertz CT molecular complexity index is 484. The molecule has 0 amide bonds. The molecule has 1 aromatic carbocycles. The molecule has 3 unspecified atom stereocenters. The summed E-state index contributed by atoms with van der Waals surface area (Å²) in [6.07, 6.45) is 7.98. The summed E-state index contributed by atoms with van der Waals surface area (Å²) in [5, 5.41) is 0. The van der Waals surface area contributed by atoms with Gasteiger partial charge >= 0.3 is 0 Å². The van der Waals surface area contributed by atoms with E-state index in [4.69, 9.17) is 10.5 Å². The first-order valence-electron chi connectivity index (χ1n) is 7.81. The van der Waals surface area contributed by atoms with Crippen molar-refractivity contribution in [3.8, 4) is 5.75 Å². The fraction of sp³-hybridized carbons (Fsp3) is 0.647. The van der Waals surface area contributed by atoms with Crippen molar-refractivity contribution >= 4 is 0 Å². The maximum atomic E-state index is 6.07. The van der Waals surface area contributed by atoms with Gasteiger partial charge in [0.25, 0.3) is 0 Å². The Morgan fingerprint density at radius 3 is 2.89 bits per heavy atom. The minimum Gasteiger partial charge on any atom is -0.493 e. The third kappa shape index (κ3) is 2.06. The second kappa shape index (κ2) is 4.52. The van der Waals surface area contributed by atoms with Crippen LogP contribution in [0.2, 0.25) is 0 Å². The lowest BCUT2D eigenvalue weighted by Crippen LogP contribution is -2.18. The minimum absolute atomic E-state index is 0.245. The number of hydrogen-bond donors (Lipinski definition) is 1. The summed E-state index contributed by atoms with van der Waals surface area (Å²) in [7, 11) is 0. The third-order valence-electron chi connectivity index (χ3n) is 5.59. The summed E-state index contributed by atoms with van der Waals surface area (Å²) < 4.78 is 6.06. The van der Waals surface area contributed by atoms with Gasteiger partial charge in [0.15, 0.2) is 0 Å². The highest BCUT2D eigenvalue weighted by molar-refractivity contribution is 5.40. The topological polar surface area (TPSA) is 35.2 Å². The zero-order valence-corrected chi connectivity index (χ0v) is 11.5. The van der Waals surface area contributed by atoms with Gasteiger partial charge in [-0.3, -0.25) is 0 Å². The molecule has 4 atom stereocenters. The number of ether oxygens (including phenoxy) is 1. The van der Waals surface area contributed by atoms with E-state index in [1.165, 1.54) is 36.8 Å². The van der Waals surface area contributed by atoms with Crippen LogP contribution in [0, 0.1) is 17.8 Å². The van der Waals surface area contributed by atoms with Gasteiger partial charge in [0.1, 0.15) is 5.75 Å². The molecule has 0 aromatic heterocycles. The highest BCUT2D eigenvalue weighted by Crippen LogP contribution is 2.48. The molecule has 0 saturated heterocycles. The Morgan fingerprint density at radius 1 is 1.16 bits per heavy atom. The van der Waals surface area contributed by atoms with Crippen molar-refractivity contribution in [3.63, 3.8) is 0 Å². The average Bonchev–Trinajstić information content (AvgIpc) is 3.12. The molecule has 2 nitrogen and oxygen atoms in total. The molecule has 102 valence electrons. The van der Waals surface area contributed by atoms with Gasteiger partial charge in [0.05, 0.1) is 6.61 Å². The lowest BCUT2D eigenvalue weighted by molar-refractivity contribution is 0.195. The Hall–Kier alpha value is -1.02. The fourth-order valence-corrected chi connectivity index (χ4v) is 4.50.